The Morgan fingerprint density at radius 2 is 0.517 bits per heavy atom. The molecule has 0 aliphatic carbocycles. The molecule has 6 aromatic heterocycles. The molecule has 0 unspecified atom stereocenters. The molecule has 0 fully saturated rings. The molecule has 58 heavy (non-hydrogen) atoms. The van der Waals surface area contributed by atoms with Crippen LogP contribution in [0.3, 0.4) is 0 Å². The molecule has 0 atom stereocenters. The number of aromatic nitrogens is 6. The van der Waals surface area contributed by atoms with Gasteiger partial charge in [-0.25, -0.2) is 9.97 Å². The number of nitrogens with zero attached hydrogens (tertiary/aromatic N) is 6. The van der Waals surface area contributed by atoms with E-state index in [4.69, 9.17) is 29.9 Å². The first-order chi connectivity index (χ1) is 28.7. The Morgan fingerprint density at radius 1 is 0.224 bits per heavy atom. The van der Waals surface area contributed by atoms with E-state index in [1.165, 1.54) is 0 Å². The van der Waals surface area contributed by atoms with Crippen LogP contribution in [0.4, 0.5) is 0 Å². The second-order valence-corrected chi connectivity index (χ2v) is 14.5. The molecule has 0 aliphatic rings. The third-order valence-electron chi connectivity index (χ3n) is 10.7. The molecule has 0 N–H and O–H groups in total. The number of hydrogen-bond acceptors (Lipinski definition) is 6. The summed E-state index contributed by atoms with van der Waals surface area (Å²) in [4.78, 5) is 29.6. The van der Waals surface area contributed by atoms with Gasteiger partial charge in [-0.2, -0.15) is 0 Å². The minimum atomic E-state index is 0.838. The number of para-hydroxylation sites is 4. The SMILES string of the molecule is c1cc(-c2cc(-c3cnc4ccccc4c3)nc(-c3cnc4ccccc4c3)c2)cc(-c2cc(-c3cnc4ccccc4c3)nc(-c3cnc4ccccc4c3)c2)c1. The van der Waals surface area contributed by atoms with E-state index in [-0.39, 0.29) is 0 Å². The van der Waals surface area contributed by atoms with Crippen LogP contribution < -0.4 is 0 Å². The molecule has 0 saturated heterocycles. The quantitative estimate of drug-likeness (QED) is 0.169. The van der Waals surface area contributed by atoms with Crippen LogP contribution in [0.25, 0.3) is 111 Å². The first kappa shape index (κ1) is 33.4. The lowest BCUT2D eigenvalue weighted by atomic mass is 9.95. The Labute approximate surface area is 334 Å². The normalized spacial score (nSPS) is 11.4. The molecule has 0 saturated carbocycles. The Bertz CT molecular complexity index is 2960. The molecular formula is C52H32N6. The van der Waals surface area contributed by atoms with Crippen LogP contribution >= 0.6 is 0 Å². The van der Waals surface area contributed by atoms with Crippen LogP contribution in [0.15, 0.2) is 195 Å². The number of hydrogen-bond donors (Lipinski definition) is 0. The van der Waals surface area contributed by atoms with E-state index in [0.717, 1.165) is 111 Å². The van der Waals surface area contributed by atoms with Gasteiger partial charge in [0.15, 0.2) is 0 Å². The Kier molecular flexibility index (Phi) is 8.04. The predicted octanol–water partition coefficient (Wildman–Crippen LogP) is 12.7. The zero-order valence-corrected chi connectivity index (χ0v) is 31.2. The second kappa shape index (κ2) is 14.0. The monoisotopic (exact) mass is 740 g/mol. The van der Waals surface area contributed by atoms with Crippen molar-refractivity contribution in [2.45, 2.75) is 0 Å². The highest BCUT2D eigenvalue weighted by atomic mass is 14.8. The van der Waals surface area contributed by atoms with E-state index in [1.54, 1.807) is 0 Å². The summed E-state index contributed by atoms with van der Waals surface area (Å²) in [5.41, 5.74) is 15.1. The van der Waals surface area contributed by atoms with Crippen molar-refractivity contribution in [1.29, 1.82) is 0 Å². The van der Waals surface area contributed by atoms with Gasteiger partial charge >= 0.3 is 0 Å². The maximum Gasteiger partial charge on any atom is 0.0731 e. The zero-order chi connectivity index (χ0) is 38.4. The smallest absolute Gasteiger partial charge is 0.0731 e. The highest BCUT2D eigenvalue weighted by Crippen LogP contribution is 2.36. The summed E-state index contributed by atoms with van der Waals surface area (Å²) < 4.78 is 0. The number of rotatable bonds is 6. The van der Waals surface area contributed by atoms with E-state index in [1.807, 2.05) is 97.6 Å². The van der Waals surface area contributed by atoms with Crippen molar-refractivity contribution in [3.8, 4) is 67.3 Å². The van der Waals surface area contributed by atoms with Crippen LogP contribution in [-0.2, 0) is 0 Å². The van der Waals surface area contributed by atoms with Crippen molar-refractivity contribution >= 4 is 43.6 Å². The van der Waals surface area contributed by atoms with Crippen molar-refractivity contribution in [3.05, 3.63) is 195 Å². The lowest BCUT2D eigenvalue weighted by Crippen LogP contribution is -1.94. The fourth-order valence-corrected chi connectivity index (χ4v) is 7.71. The molecule has 0 bridgehead atoms. The zero-order valence-electron chi connectivity index (χ0n) is 31.2. The summed E-state index contributed by atoms with van der Waals surface area (Å²) in [7, 11) is 0. The van der Waals surface area contributed by atoms with Crippen molar-refractivity contribution in [2.75, 3.05) is 0 Å². The first-order valence-corrected chi connectivity index (χ1v) is 19.2. The Balaban J connectivity index is 1.07. The first-order valence-electron chi connectivity index (χ1n) is 19.2. The van der Waals surface area contributed by atoms with Crippen LogP contribution in [0.1, 0.15) is 0 Å². The van der Waals surface area contributed by atoms with E-state index in [2.05, 4.69) is 97.1 Å². The second-order valence-electron chi connectivity index (χ2n) is 14.5. The van der Waals surface area contributed by atoms with Gasteiger partial charge in [0.25, 0.3) is 0 Å². The van der Waals surface area contributed by atoms with Gasteiger partial charge < -0.3 is 0 Å². The molecule has 270 valence electrons. The number of fused-ring (bicyclic) bond motifs is 4. The van der Waals surface area contributed by atoms with Gasteiger partial charge in [0.05, 0.1) is 44.8 Å². The maximum absolute atomic E-state index is 5.23. The van der Waals surface area contributed by atoms with Gasteiger partial charge in [0.1, 0.15) is 0 Å². The van der Waals surface area contributed by atoms with E-state index in [9.17, 15) is 0 Å². The van der Waals surface area contributed by atoms with Crippen molar-refractivity contribution in [3.63, 3.8) is 0 Å². The lowest BCUT2D eigenvalue weighted by Gasteiger charge is -2.13. The fraction of sp³-hybridized carbons (Fsp3) is 0. The van der Waals surface area contributed by atoms with E-state index >= 15 is 0 Å². The van der Waals surface area contributed by atoms with E-state index in [0.29, 0.717) is 0 Å². The van der Waals surface area contributed by atoms with Gasteiger partial charge in [-0.05, 0) is 101 Å². The standard InChI is InChI=1S/C52H32N6/c1-5-16-45-35(10-1)21-41(29-53-45)49-25-39(26-50(57-49)42-22-36-11-2-6-17-46(36)54-30-42)33-14-9-15-34(20-33)40-27-51(43-23-37-12-3-7-18-47(37)55-31-43)58-52(28-40)44-24-38-13-4-8-19-48(38)56-32-44/h1-32H. The molecular weight excluding hydrogens is 709 g/mol. The van der Waals surface area contributed by atoms with Gasteiger partial charge in [0.2, 0.25) is 0 Å². The molecule has 6 heteroatoms. The molecule has 0 amide bonds. The summed E-state index contributed by atoms with van der Waals surface area (Å²) in [5, 5.41) is 4.26. The van der Waals surface area contributed by atoms with Crippen molar-refractivity contribution in [2.24, 2.45) is 0 Å². The van der Waals surface area contributed by atoms with Gasteiger partial charge in [-0.15, -0.1) is 0 Å². The summed E-state index contributed by atoms with van der Waals surface area (Å²) in [6, 6.07) is 58.7. The van der Waals surface area contributed by atoms with Crippen LogP contribution in [0.5, 0.6) is 0 Å². The van der Waals surface area contributed by atoms with Crippen molar-refractivity contribution in [1.82, 2.24) is 29.9 Å². The molecule has 11 rings (SSSR count). The minimum absolute atomic E-state index is 0.838. The molecule has 0 radical (unpaired) electrons. The third-order valence-corrected chi connectivity index (χ3v) is 10.7. The highest BCUT2D eigenvalue weighted by Gasteiger charge is 2.15. The fourth-order valence-electron chi connectivity index (χ4n) is 7.71. The van der Waals surface area contributed by atoms with Crippen molar-refractivity contribution < 1.29 is 0 Å². The molecule has 0 spiro atoms. The lowest BCUT2D eigenvalue weighted by molar-refractivity contribution is 1.29. The predicted molar refractivity (Wildman–Crippen MR) is 236 cm³/mol. The third kappa shape index (κ3) is 6.29. The molecule has 6 nitrogen and oxygen atoms in total. The largest absolute Gasteiger partial charge is 0.256 e. The molecule has 11 aromatic rings. The molecule has 0 aliphatic heterocycles. The van der Waals surface area contributed by atoms with Crippen LogP contribution in [-0.4, -0.2) is 29.9 Å². The Hall–Kier alpha value is -7.96. The average molecular weight is 741 g/mol. The van der Waals surface area contributed by atoms with Gasteiger partial charge in [-0.3, -0.25) is 19.9 Å². The topological polar surface area (TPSA) is 77.3 Å². The summed E-state index contributed by atoms with van der Waals surface area (Å²) in [5.74, 6) is 0. The van der Waals surface area contributed by atoms with Gasteiger partial charge in [-0.1, -0.05) is 91.0 Å². The summed E-state index contributed by atoms with van der Waals surface area (Å²) in [6.45, 7) is 0. The minimum Gasteiger partial charge on any atom is -0.256 e. The Morgan fingerprint density at radius 3 is 0.828 bits per heavy atom. The molecule has 5 aromatic carbocycles. The van der Waals surface area contributed by atoms with Crippen LogP contribution in [0.2, 0.25) is 0 Å². The maximum atomic E-state index is 5.23. The summed E-state index contributed by atoms with van der Waals surface area (Å²) >= 11 is 0. The van der Waals surface area contributed by atoms with Gasteiger partial charge in [0, 0.05) is 68.6 Å². The average Bonchev–Trinajstić information content (AvgIpc) is 3.30. The number of pyridine rings is 6. The summed E-state index contributed by atoms with van der Waals surface area (Å²) in [6.07, 6.45) is 7.65. The van der Waals surface area contributed by atoms with Crippen LogP contribution in [0, 0.1) is 0 Å². The highest BCUT2D eigenvalue weighted by molar-refractivity contribution is 5.89. The number of benzene rings is 5. The van der Waals surface area contributed by atoms with E-state index < -0.39 is 0 Å². The molecule has 6 heterocycles.